The predicted molar refractivity (Wildman–Crippen MR) is 102 cm³/mol. The molecule has 0 bridgehead atoms. The summed E-state index contributed by atoms with van der Waals surface area (Å²) in [6, 6.07) is 10.8. The molecule has 0 aliphatic heterocycles. The molecule has 1 aromatic carbocycles. The summed E-state index contributed by atoms with van der Waals surface area (Å²) in [5, 5.41) is 2.64. The fourth-order valence-electron chi connectivity index (χ4n) is 2.45. The molecule has 0 unspecified atom stereocenters. The number of nitrogens with zero attached hydrogens (tertiary/aromatic N) is 2. The molecule has 0 radical (unpaired) electrons. The van der Waals surface area contributed by atoms with Crippen molar-refractivity contribution in [3.8, 4) is 11.1 Å². The maximum absolute atomic E-state index is 12.9. The molecule has 0 fully saturated rings. The summed E-state index contributed by atoms with van der Waals surface area (Å²) in [6.07, 6.45) is 7.99. The quantitative estimate of drug-likeness (QED) is 0.548. The molecule has 3 rings (SSSR count). The summed E-state index contributed by atoms with van der Waals surface area (Å²) in [5.41, 5.74) is 2.80. The second-order valence-electron chi connectivity index (χ2n) is 5.82. The SMILES string of the molecule is CC(=O)Nc1cc(-c2cncc(C=CC(=O)c3ccc(F)cc3)c2)ccn1. The van der Waals surface area contributed by atoms with Gasteiger partial charge in [0.2, 0.25) is 5.91 Å². The zero-order chi connectivity index (χ0) is 19.2. The molecule has 27 heavy (non-hydrogen) atoms. The van der Waals surface area contributed by atoms with E-state index in [9.17, 15) is 14.0 Å². The summed E-state index contributed by atoms with van der Waals surface area (Å²) in [6.45, 7) is 1.42. The average molecular weight is 361 g/mol. The van der Waals surface area contributed by atoms with Gasteiger partial charge >= 0.3 is 0 Å². The molecule has 2 heterocycles. The van der Waals surface area contributed by atoms with Crippen LogP contribution >= 0.6 is 0 Å². The van der Waals surface area contributed by atoms with Gasteiger partial charge < -0.3 is 5.32 Å². The van der Waals surface area contributed by atoms with Gasteiger partial charge in [-0.3, -0.25) is 14.6 Å². The van der Waals surface area contributed by atoms with E-state index in [1.54, 1.807) is 36.8 Å². The first-order valence-corrected chi connectivity index (χ1v) is 8.18. The highest BCUT2D eigenvalue weighted by atomic mass is 19.1. The van der Waals surface area contributed by atoms with E-state index in [2.05, 4.69) is 15.3 Å². The normalized spacial score (nSPS) is 10.7. The topological polar surface area (TPSA) is 72.0 Å². The molecule has 0 atom stereocenters. The minimum Gasteiger partial charge on any atom is -0.311 e. The number of benzene rings is 1. The second kappa shape index (κ2) is 8.14. The number of carbonyl (C=O) groups excluding carboxylic acids is 2. The first-order chi connectivity index (χ1) is 13.0. The molecular weight excluding hydrogens is 345 g/mol. The number of rotatable bonds is 5. The van der Waals surface area contributed by atoms with Crippen molar-refractivity contribution in [3.63, 3.8) is 0 Å². The molecule has 6 heteroatoms. The average Bonchev–Trinajstić information content (AvgIpc) is 2.66. The van der Waals surface area contributed by atoms with Crippen molar-refractivity contribution in [2.75, 3.05) is 5.32 Å². The van der Waals surface area contributed by atoms with Gasteiger partial charge in [0.15, 0.2) is 5.78 Å². The first-order valence-electron chi connectivity index (χ1n) is 8.18. The molecule has 0 spiro atoms. The summed E-state index contributed by atoms with van der Waals surface area (Å²) in [4.78, 5) is 31.6. The number of allylic oxidation sites excluding steroid dienone is 1. The van der Waals surface area contributed by atoms with Crippen LogP contribution in [0.15, 0.2) is 67.1 Å². The predicted octanol–water partition coefficient (Wildman–Crippen LogP) is 4.14. The maximum atomic E-state index is 12.9. The van der Waals surface area contributed by atoms with Crippen LogP contribution in [0.4, 0.5) is 10.2 Å². The van der Waals surface area contributed by atoms with E-state index in [4.69, 9.17) is 0 Å². The van der Waals surface area contributed by atoms with Crippen LogP contribution in [0.5, 0.6) is 0 Å². The highest BCUT2D eigenvalue weighted by Crippen LogP contribution is 2.22. The largest absolute Gasteiger partial charge is 0.311 e. The minimum absolute atomic E-state index is 0.200. The van der Waals surface area contributed by atoms with E-state index < -0.39 is 0 Å². The van der Waals surface area contributed by atoms with Gasteiger partial charge in [0.05, 0.1) is 0 Å². The van der Waals surface area contributed by atoms with Gasteiger partial charge in [0, 0.05) is 36.6 Å². The van der Waals surface area contributed by atoms with Crippen LogP contribution in [0.1, 0.15) is 22.8 Å². The number of aromatic nitrogens is 2. The van der Waals surface area contributed by atoms with Crippen molar-refractivity contribution in [1.29, 1.82) is 0 Å². The summed E-state index contributed by atoms with van der Waals surface area (Å²) in [5.74, 6) is -0.359. The Hall–Kier alpha value is -3.67. The lowest BCUT2D eigenvalue weighted by molar-refractivity contribution is -0.114. The number of anilines is 1. The molecular formula is C21H16FN3O2. The lowest BCUT2D eigenvalue weighted by Gasteiger charge is -2.05. The minimum atomic E-state index is -0.386. The Labute approximate surface area is 155 Å². The van der Waals surface area contributed by atoms with E-state index >= 15 is 0 Å². The Balaban J connectivity index is 1.80. The van der Waals surface area contributed by atoms with Crippen LogP contribution < -0.4 is 5.32 Å². The summed E-state index contributed by atoms with van der Waals surface area (Å²) < 4.78 is 12.9. The van der Waals surface area contributed by atoms with E-state index in [0.717, 1.165) is 16.7 Å². The number of amides is 1. The van der Waals surface area contributed by atoms with Crippen molar-refractivity contribution in [2.45, 2.75) is 6.92 Å². The third-order valence-corrected chi connectivity index (χ3v) is 3.71. The van der Waals surface area contributed by atoms with Gasteiger partial charge in [-0.05, 0) is 65.7 Å². The monoisotopic (exact) mass is 361 g/mol. The zero-order valence-corrected chi connectivity index (χ0v) is 14.5. The second-order valence-corrected chi connectivity index (χ2v) is 5.82. The van der Waals surface area contributed by atoms with E-state index in [1.165, 1.54) is 37.3 Å². The van der Waals surface area contributed by atoms with Gasteiger partial charge in [-0.15, -0.1) is 0 Å². The molecule has 0 aliphatic carbocycles. The maximum Gasteiger partial charge on any atom is 0.222 e. The van der Waals surface area contributed by atoms with Crippen LogP contribution in [-0.2, 0) is 4.79 Å². The molecule has 0 saturated carbocycles. The third kappa shape index (κ3) is 4.92. The number of hydrogen-bond acceptors (Lipinski definition) is 4. The Morgan fingerprint density at radius 1 is 1.04 bits per heavy atom. The van der Waals surface area contributed by atoms with Crippen LogP contribution in [0.3, 0.4) is 0 Å². The summed E-state index contributed by atoms with van der Waals surface area (Å²) in [7, 11) is 0. The number of carbonyl (C=O) groups is 2. The number of nitrogens with one attached hydrogen (secondary N) is 1. The van der Waals surface area contributed by atoms with Crippen LogP contribution in [0, 0.1) is 5.82 Å². The smallest absolute Gasteiger partial charge is 0.222 e. The van der Waals surface area contributed by atoms with Crippen molar-refractivity contribution in [1.82, 2.24) is 9.97 Å². The molecule has 0 saturated heterocycles. The standard InChI is InChI=1S/C21H16FN3O2/c1-14(26)25-21-11-17(8-9-24-21)18-10-15(12-23-13-18)2-7-20(27)16-3-5-19(22)6-4-16/h2-13H,1H3,(H,24,25,26). The fraction of sp³-hybridized carbons (Fsp3) is 0.0476. The van der Waals surface area contributed by atoms with E-state index in [-0.39, 0.29) is 17.5 Å². The fourth-order valence-corrected chi connectivity index (χ4v) is 2.45. The first kappa shape index (κ1) is 18.1. The number of hydrogen-bond donors (Lipinski definition) is 1. The highest BCUT2D eigenvalue weighted by Gasteiger charge is 2.04. The Bertz CT molecular complexity index is 1010. The van der Waals surface area contributed by atoms with Crippen molar-refractivity contribution < 1.29 is 14.0 Å². The number of halogens is 1. The molecule has 0 aliphatic rings. The van der Waals surface area contributed by atoms with Gasteiger partial charge in [-0.25, -0.2) is 9.37 Å². The van der Waals surface area contributed by atoms with E-state index in [0.29, 0.717) is 11.4 Å². The van der Waals surface area contributed by atoms with Gasteiger partial charge in [0.1, 0.15) is 11.6 Å². The lowest BCUT2D eigenvalue weighted by Crippen LogP contribution is -2.07. The zero-order valence-electron chi connectivity index (χ0n) is 14.5. The van der Waals surface area contributed by atoms with Crippen molar-refractivity contribution >= 4 is 23.6 Å². The lowest BCUT2D eigenvalue weighted by atomic mass is 10.1. The highest BCUT2D eigenvalue weighted by molar-refractivity contribution is 6.06. The van der Waals surface area contributed by atoms with Crippen molar-refractivity contribution in [2.24, 2.45) is 0 Å². The number of pyridine rings is 2. The Kier molecular flexibility index (Phi) is 5.47. The molecule has 2 aromatic heterocycles. The Morgan fingerprint density at radius 2 is 1.81 bits per heavy atom. The van der Waals surface area contributed by atoms with Crippen LogP contribution in [0.2, 0.25) is 0 Å². The molecule has 3 aromatic rings. The van der Waals surface area contributed by atoms with Gasteiger partial charge in [-0.2, -0.15) is 0 Å². The molecule has 1 amide bonds. The number of ketones is 1. The molecule has 1 N–H and O–H groups in total. The van der Waals surface area contributed by atoms with Crippen LogP contribution in [0.25, 0.3) is 17.2 Å². The van der Waals surface area contributed by atoms with E-state index in [1.807, 2.05) is 6.07 Å². The summed E-state index contributed by atoms with van der Waals surface area (Å²) >= 11 is 0. The third-order valence-electron chi connectivity index (χ3n) is 3.71. The Morgan fingerprint density at radius 3 is 2.56 bits per heavy atom. The van der Waals surface area contributed by atoms with Crippen LogP contribution in [-0.4, -0.2) is 21.7 Å². The van der Waals surface area contributed by atoms with Gasteiger partial charge in [-0.1, -0.05) is 0 Å². The molecule has 5 nitrogen and oxygen atoms in total. The van der Waals surface area contributed by atoms with Crippen molar-refractivity contribution in [3.05, 3.63) is 84.1 Å². The van der Waals surface area contributed by atoms with Gasteiger partial charge in [0.25, 0.3) is 0 Å². The molecule has 134 valence electrons.